The number of carbonyl (C=O) groups excluding carboxylic acids is 1. The van der Waals surface area contributed by atoms with Gasteiger partial charge in [-0.15, -0.1) is 13.2 Å². The highest BCUT2D eigenvalue weighted by Crippen LogP contribution is 2.26. The summed E-state index contributed by atoms with van der Waals surface area (Å²) in [6.07, 6.45) is -4.76. The van der Waals surface area contributed by atoms with Crippen LogP contribution in [0, 0.1) is 5.92 Å². The van der Waals surface area contributed by atoms with Crippen molar-refractivity contribution in [3.8, 4) is 5.75 Å². The molecule has 4 nitrogen and oxygen atoms in total. The van der Waals surface area contributed by atoms with Crippen molar-refractivity contribution >= 4 is 11.6 Å². The van der Waals surface area contributed by atoms with Crippen LogP contribution in [0.4, 0.5) is 18.9 Å². The fourth-order valence-electron chi connectivity index (χ4n) is 1.45. The summed E-state index contributed by atoms with van der Waals surface area (Å²) >= 11 is 0. The summed E-state index contributed by atoms with van der Waals surface area (Å²) in [7, 11) is 1.47. The lowest BCUT2D eigenvalue weighted by atomic mass is 10.1. The molecule has 0 spiro atoms. The van der Waals surface area contributed by atoms with Crippen LogP contribution < -0.4 is 15.4 Å². The molecule has 0 heterocycles. The van der Waals surface area contributed by atoms with Crippen LogP contribution >= 0.6 is 0 Å². The molecule has 1 aromatic carbocycles. The standard InChI is InChI=1S/C12H15F3N2O2/c1-8(7-16)11(18)17(2)9-4-3-5-10(6-9)19-12(13,14)15/h3-6,8H,7,16H2,1-2H3. The van der Waals surface area contributed by atoms with E-state index in [2.05, 4.69) is 4.74 Å². The fourth-order valence-corrected chi connectivity index (χ4v) is 1.45. The molecule has 1 rings (SSSR count). The van der Waals surface area contributed by atoms with Crippen LogP contribution in [-0.4, -0.2) is 25.9 Å². The van der Waals surface area contributed by atoms with Crippen LogP contribution in [0.5, 0.6) is 5.75 Å². The molecule has 0 saturated carbocycles. The highest BCUT2D eigenvalue weighted by molar-refractivity contribution is 5.94. The highest BCUT2D eigenvalue weighted by atomic mass is 19.4. The number of amides is 1. The zero-order valence-electron chi connectivity index (χ0n) is 10.6. The van der Waals surface area contributed by atoms with Gasteiger partial charge in [0.1, 0.15) is 5.75 Å². The predicted molar refractivity (Wildman–Crippen MR) is 64.8 cm³/mol. The van der Waals surface area contributed by atoms with E-state index in [1.54, 1.807) is 6.92 Å². The van der Waals surface area contributed by atoms with Gasteiger partial charge in [-0.05, 0) is 12.1 Å². The van der Waals surface area contributed by atoms with E-state index in [0.29, 0.717) is 5.69 Å². The topological polar surface area (TPSA) is 55.6 Å². The Balaban J connectivity index is 2.90. The number of hydrogen-bond acceptors (Lipinski definition) is 3. The molecule has 0 aliphatic rings. The van der Waals surface area contributed by atoms with Crippen molar-refractivity contribution in [1.82, 2.24) is 0 Å². The molecule has 0 saturated heterocycles. The van der Waals surface area contributed by atoms with Gasteiger partial charge in [0.05, 0.1) is 0 Å². The van der Waals surface area contributed by atoms with Crippen molar-refractivity contribution < 1.29 is 22.7 Å². The van der Waals surface area contributed by atoms with Gasteiger partial charge in [-0.25, -0.2) is 0 Å². The van der Waals surface area contributed by atoms with Gasteiger partial charge >= 0.3 is 6.36 Å². The smallest absolute Gasteiger partial charge is 0.406 e. The van der Waals surface area contributed by atoms with Crippen molar-refractivity contribution in [3.05, 3.63) is 24.3 Å². The van der Waals surface area contributed by atoms with Gasteiger partial charge in [0.2, 0.25) is 5.91 Å². The maximum atomic E-state index is 12.1. The Morgan fingerprint density at radius 1 is 1.47 bits per heavy atom. The summed E-state index contributed by atoms with van der Waals surface area (Å²) in [5.41, 5.74) is 5.69. The van der Waals surface area contributed by atoms with Crippen LogP contribution in [0.2, 0.25) is 0 Å². The molecule has 0 aliphatic heterocycles. The van der Waals surface area contributed by atoms with Gasteiger partial charge in [-0.1, -0.05) is 13.0 Å². The Bertz CT molecular complexity index is 449. The van der Waals surface area contributed by atoms with E-state index in [0.717, 1.165) is 6.07 Å². The Morgan fingerprint density at radius 3 is 2.63 bits per heavy atom. The van der Waals surface area contributed by atoms with Crippen molar-refractivity contribution in [3.63, 3.8) is 0 Å². The number of carbonyl (C=O) groups is 1. The van der Waals surface area contributed by atoms with E-state index >= 15 is 0 Å². The molecule has 0 aliphatic carbocycles. The molecule has 1 atom stereocenters. The molecule has 7 heteroatoms. The van der Waals surface area contributed by atoms with Gasteiger partial charge < -0.3 is 15.4 Å². The average molecular weight is 276 g/mol. The first kappa shape index (κ1) is 15.3. The summed E-state index contributed by atoms with van der Waals surface area (Å²) in [6, 6.07) is 5.22. The fraction of sp³-hybridized carbons (Fsp3) is 0.417. The summed E-state index contributed by atoms with van der Waals surface area (Å²) in [4.78, 5) is 13.1. The van der Waals surface area contributed by atoms with Crippen LogP contribution in [0.3, 0.4) is 0 Å². The van der Waals surface area contributed by atoms with E-state index in [9.17, 15) is 18.0 Å². The number of ether oxygens (including phenoxy) is 1. The van der Waals surface area contributed by atoms with E-state index in [1.807, 2.05) is 0 Å². The zero-order chi connectivity index (χ0) is 14.6. The monoisotopic (exact) mass is 276 g/mol. The highest BCUT2D eigenvalue weighted by Gasteiger charge is 2.31. The molecule has 2 N–H and O–H groups in total. The number of halogens is 3. The first-order chi connectivity index (χ1) is 8.74. The van der Waals surface area contributed by atoms with Gasteiger partial charge in [0.25, 0.3) is 0 Å². The van der Waals surface area contributed by atoms with Gasteiger partial charge in [0, 0.05) is 31.3 Å². The van der Waals surface area contributed by atoms with Crippen LogP contribution in [0.15, 0.2) is 24.3 Å². The van der Waals surface area contributed by atoms with Crippen LogP contribution in [0.25, 0.3) is 0 Å². The van der Waals surface area contributed by atoms with Crippen molar-refractivity contribution in [2.45, 2.75) is 13.3 Å². The number of benzene rings is 1. The summed E-state index contributed by atoms with van der Waals surface area (Å²) in [6.45, 7) is 1.82. The number of anilines is 1. The number of nitrogens with two attached hydrogens (primary N) is 1. The quantitative estimate of drug-likeness (QED) is 0.916. The minimum atomic E-state index is -4.76. The zero-order valence-corrected chi connectivity index (χ0v) is 10.6. The molecule has 19 heavy (non-hydrogen) atoms. The molecule has 0 aromatic heterocycles. The lowest BCUT2D eigenvalue weighted by Crippen LogP contribution is -2.35. The Morgan fingerprint density at radius 2 is 2.11 bits per heavy atom. The second kappa shape index (κ2) is 5.92. The molecule has 1 aromatic rings. The van der Waals surface area contributed by atoms with E-state index in [-0.39, 0.29) is 18.2 Å². The second-order valence-corrected chi connectivity index (χ2v) is 4.08. The molecule has 0 fully saturated rings. The lowest BCUT2D eigenvalue weighted by Gasteiger charge is -2.21. The molecular weight excluding hydrogens is 261 g/mol. The molecule has 1 amide bonds. The number of hydrogen-bond donors (Lipinski definition) is 1. The van der Waals surface area contributed by atoms with Crippen molar-refractivity contribution in [2.24, 2.45) is 11.7 Å². The number of rotatable bonds is 4. The lowest BCUT2D eigenvalue weighted by molar-refractivity contribution is -0.274. The molecule has 1 unspecified atom stereocenters. The van der Waals surface area contributed by atoms with E-state index < -0.39 is 12.3 Å². The van der Waals surface area contributed by atoms with E-state index in [1.165, 1.54) is 30.1 Å². The third-order valence-electron chi connectivity index (χ3n) is 2.54. The maximum Gasteiger partial charge on any atom is 0.573 e. The molecule has 0 radical (unpaired) electrons. The summed E-state index contributed by atoms with van der Waals surface area (Å²) in [5, 5.41) is 0. The normalized spacial score (nSPS) is 12.9. The largest absolute Gasteiger partial charge is 0.573 e. The molecular formula is C12H15F3N2O2. The minimum absolute atomic E-state index is 0.169. The van der Waals surface area contributed by atoms with Gasteiger partial charge in [-0.2, -0.15) is 0 Å². The van der Waals surface area contributed by atoms with E-state index in [4.69, 9.17) is 5.73 Å². The van der Waals surface area contributed by atoms with Gasteiger partial charge in [0.15, 0.2) is 0 Å². The SMILES string of the molecule is CC(CN)C(=O)N(C)c1cccc(OC(F)(F)F)c1. The Kier molecular flexibility index (Phi) is 4.77. The third-order valence-corrected chi connectivity index (χ3v) is 2.54. The number of alkyl halides is 3. The Hall–Kier alpha value is -1.76. The second-order valence-electron chi connectivity index (χ2n) is 4.08. The maximum absolute atomic E-state index is 12.1. The van der Waals surface area contributed by atoms with Crippen molar-refractivity contribution in [1.29, 1.82) is 0 Å². The van der Waals surface area contributed by atoms with Gasteiger partial charge in [-0.3, -0.25) is 4.79 Å². The summed E-state index contributed by atoms with van der Waals surface area (Å²) < 4.78 is 40.1. The van der Waals surface area contributed by atoms with Crippen molar-refractivity contribution in [2.75, 3.05) is 18.5 Å². The average Bonchev–Trinajstić information content (AvgIpc) is 2.34. The minimum Gasteiger partial charge on any atom is -0.406 e. The Labute approximate surface area is 108 Å². The predicted octanol–water partition coefficient (Wildman–Crippen LogP) is 2.14. The molecule has 106 valence electrons. The number of nitrogens with zero attached hydrogens (tertiary/aromatic N) is 1. The van der Waals surface area contributed by atoms with Crippen LogP contribution in [0.1, 0.15) is 6.92 Å². The third kappa shape index (κ3) is 4.44. The van der Waals surface area contributed by atoms with Crippen LogP contribution in [-0.2, 0) is 4.79 Å². The first-order valence-corrected chi connectivity index (χ1v) is 5.58. The summed E-state index contributed by atoms with van der Waals surface area (Å²) in [5.74, 6) is -1.05. The molecule has 0 bridgehead atoms. The first-order valence-electron chi connectivity index (χ1n) is 5.58.